The third kappa shape index (κ3) is 4.17. The standard InChI is InChI=1S/C19H19N3O5/c1-12(23)21-14-7-8-16(26-2)13(9-14)10-20-18(24)11-22-15-5-3-4-6-17(15)27-19(22)25/h3-9H,10-11H2,1-2H3,(H,20,24)(H,21,23). The van der Waals surface area contributed by atoms with Crippen LogP contribution < -0.4 is 21.1 Å². The maximum absolute atomic E-state index is 12.3. The average molecular weight is 369 g/mol. The molecule has 0 bridgehead atoms. The molecule has 0 radical (unpaired) electrons. The molecule has 0 saturated carbocycles. The first-order valence-electron chi connectivity index (χ1n) is 8.27. The number of rotatable bonds is 6. The highest BCUT2D eigenvalue weighted by Gasteiger charge is 2.13. The molecule has 2 N–H and O–H groups in total. The normalized spacial score (nSPS) is 10.6. The minimum absolute atomic E-state index is 0.163. The van der Waals surface area contributed by atoms with Crippen LogP contribution in [0.4, 0.5) is 5.69 Å². The smallest absolute Gasteiger partial charge is 0.420 e. The van der Waals surface area contributed by atoms with Crippen LogP contribution in [0.3, 0.4) is 0 Å². The summed E-state index contributed by atoms with van der Waals surface area (Å²) < 4.78 is 11.7. The fourth-order valence-corrected chi connectivity index (χ4v) is 2.75. The van der Waals surface area contributed by atoms with Crippen molar-refractivity contribution >= 4 is 28.6 Å². The summed E-state index contributed by atoms with van der Waals surface area (Å²) in [7, 11) is 1.52. The van der Waals surface area contributed by atoms with Crippen LogP contribution >= 0.6 is 0 Å². The van der Waals surface area contributed by atoms with Crippen LogP contribution in [0, 0.1) is 0 Å². The van der Waals surface area contributed by atoms with Crippen molar-refractivity contribution in [1.82, 2.24) is 9.88 Å². The van der Waals surface area contributed by atoms with E-state index in [1.54, 1.807) is 42.5 Å². The fraction of sp³-hybridized carbons (Fsp3) is 0.211. The molecule has 3 aromatic rings. The number of anilines is 1. The van der Waals surface area contributed by atoms with E-state index in [1.165, 1.54) is 18.6 Å². The molecule has 0 atom stereocenters. The molecule has 0 aliphatic rings. The van der Waals surface area contributed by atoms with Gasteiger partial charge < -0.3 is 19.8 Å². The molecule has 8 nitrogen and oxygen atoms in total. The Morgan fingerprint density at radius 2 is 1.96 bits per heavy atom. The van der Waals surface area contributed by atoms with Gasteiger partial charge in [-0.15, -0.1) is 0 Å². The summed E-state index contributed by atoms with van der Waals surface area (Å²) in [6, 6.07) is 12.1. The first-order valence-corrected chi connectivity index (χ1v) is 8.27. The van der Waals surface area contributed by atoms with Crippen molar-refractivity contribution in [2.45, 2.75) is 20.0 Å². The number of hydrogen-bond donors (Lipinski definition) is 2. The van der Waals surface area contributed by atoms with Gasteiger partial charge in [-0.25, -0.2) is 4.79 Å². The number of hydrogen-bond acceptors (Lipinski definition) is 5. The van der Waals surface area contributed by atoms with Crippen LogP contribution in [0.25, 0.3) is 11.1 Å². The molecule has 0 saturated heterocycles. The third-order valence-electron chi connectivity index (χ3n) is 3.95. The van der Waals surface area contributed by atoms with Gasteiger partial charge in [-0.05, 0) is 30.3 Å². The van der Waals surface area contributed by atoms with E-state index in [-0.39, 0.29) is 24.9 Å². The SMILES string of the molecule is COc1ccc(NC(C)=O)cc1CNC(=O)Cn1c(=O)oc2ccccc21. The number of nitrogens with zero attached hydrogens (tertiary/aromatic N) is 1. The second kappa shape index (κ2) is 7.77. The number of nitrogens with one attached hydrogen (secondary N) is 2. The number of benzene rings is 2. The average Bonchev–Trinajstić information content (AvgIpc) is 2.95. The van der Waals surface area contributed by atoms with E-state index in [9.17, 15) is 14.4 Å². The zero-order chi connectivity index (χ0) is 19.4. The second-order valence-corrected chi connectivity index (χ2v) is 5.91. The van der Waals surface area contributed by atoms with Gasteiger partial charge in [0.1, 0.15) is 12.3 Å². The monoisotopic (exact) mass is 369 g/mol. The Morgan fingerprint density at radius 3 is 2.70 bits per heavy atom. The van der Waals surface area contributed by atoms with E-state index in [0.717, 1.165) is 0 Å². The van der Waals surface area contributed by atoms with Crippen molar-refractivity contribution in [3.05, 3.63) is 58.6 Å². The van der Waals surface area contributed by atoms with Crippen molar-refractivity contribution in [3.8, 4) is 5.75 Å². The Balaban J connectivity index is 1.72. The van der Waals surface area contributed by atoms with Crippen molar-refractivity contribution in [2.24, 2.45) is 0 Å². The van der Waals surface area contributed by atoms with Crippen LogP contribution in [0.5, 0.6) is 5.75 Å². The Morgan fingerprint density at radius 1 is 1.19 bits per heavy atom. The molecule has 27 heavy (non-hydrogen) atoms. The van der Waals surface area contributed by atoms with Gasteiger partial charge in [0, 0.05) is 24.7 Å². The number of aromatic nitrogens is 1. The largest absolute Gasteiger partial charge is 0.496 e. The van der Waals surface area contributed by atoms with Gasteiger partial charge in [-0.2, -0.15) is 0 Å². The van der Waals surface area contributed by atoms with E-state index < -0.39 is 5.76 Å². The van der Waals surface area contributed by atoms with Crippen LogP contribution in [-0.4, -0.2) is 23.5 Å². The topological polar surface area (TPSA) is 103 Å². The maximum Gasteiger partial charge on any atom is 0.420 e. The number of carbonyl (C=O) groups is 2. The molecule has 0 aliphatic heterocycles. The molecule has 1 aromatic heterocycles. The van der Waals surface area contributed by atoms with Crippen LogP contribution in [0.15, 0.2) is 51.7 Å². The molecule has 0 spiro atoms. The Bertz CT molecular complexity index is 1050. The fourth-order valence-electron chi connectivity index (χ4n) is 2.75. The summed E-state index contributed by atoms with van der Waals surface area (Å²) in [6.07, 6.45) is 0. The zero-order valence-electron chi connectivity index (χ0n) is 14.9. The van der Waals surface area contributed by atoms with Gasteiger partial charge in [0.25, 0.3) is 0 Å². The highest BCUT2D eigenvalue weighted by atomic mass is 16.5. The lowest BCUT2D eigenvalue weighted by molar-refractivity contribution is -0.121. The van der Waals surface area contributed by atoms with Crippen molar-refractivity contribution < 1.29 is 18.7 Å². The summed E-state index contributed by atoms with van der Waals surface area (Å²) in [5.74, 6) is -0.552. The van der Waals surface area contributed by atoms with Gasteiger partial charge in [0.2, 0.25) is 11.8 Å². The number of fused-ring (bicyclic) bond motifs is 1. The summed E-state index contributed by atoms with van der Waals surface area (Å²) >= 11 is 0. The summed E-state index contributed by atoms with van der Waals surface area (Å²) in [5.41, 5.74) is 2.29. The predicted octanol–water partition coefficient (Wildman–Crippen LogP) is 1.88. The Kier molecular flexibility index (Phi) is 5.25. The summed E-state index contributed by atoms with van der Waals surface area (Å²) in [6.45, 7) is 1.43. The van der Waals surface area contributed by atoms with Crippen LogP contribution in [-0.2, 0) is 22.7 Å². The minimum Gasteiger partial charge on any atom is -0.496 e. The molecule has 2 aromatic carbocycles. The van der Waals surface area contributed by atoms with E-state index in [2.05, 4.69) is 10.6 Å². The highest BCUT2D eigenvalue weighted by Crippen LogP contribution is 2.22. The minimum atomic E-state index is -0.586. The summed E-state index contributed by atoms with van der Waals surface area (Å²) in [5, 5.41) is 5.43. The Hall–Kier alpha value is -3.55. The number of ether oxygens (including phenoxy) is 1. The van der Waals surface area contributed by atoms with E-state index in [4.69, 9.17) is 9.15 Å². The molecule has 2 amide bonds. The lowest BCUT2D eigenvalue weighted by atomic mass is 10.1. The molecule has 0 unspecified atom stereocenters. The molecule has 0 aliphatic carbocycles. The van der Waals surface area contributed by atoms with Crippen molar-refractivity contribution in [1.29, 1.82) is 0 Å². The van der Waals surface area contributed by atoms with Gasteiger partial charge >= 0.3 is 5.76 Å². The Labute approximate surface area is 154 Å². The van der Waals surface area contributed by atoms with Crippen LogP contribution in [0.1, 0.15) is 12.5 Å². The van der Waals surface area contributed by atoms with Crippen molar-refractivity contribution in [3.63, 3.8) is 0 Å². The van der Waals surface area contributed by atoms with Crippen molar-refractivity contribution in [2.75, 3.05) is 12.4 Å². The predicted molar refractivity (Wildman–Crippen MR) is 99.6 cm³/mol. The first-order chi connectivity index (χ1) is 13.0. The number of carbonyl (C=O) groups excluding carboxylic acids is 2. The molecular formula is C19H19N3O5. The number of amides is 2. The molecule has 8 heteroatoms. The van der Waals surface area contributed by atoms with E-state index in [0.29, 0.717) is 28.1 Å². The van der Waals surface area contributed by atoms with Gasteiger partial charge in [-0.1, -0.05) is 12.1 Å². The quantitative estimate of drug-likeness (QED) is 0.691. The van der Waals surface area contributed by atoms with Gasteiger partial charge in [0.15, 0.2) is 5.58 Å². The molecule has 140 valence electrons. The lowest BCUT2D eigenvalue weighted by Crippen LogP contribution is -2.30. The number of oxazole rings is 1. The maximum atomic E-state index is 12.3. The first kappa shape index (κ1) is 18.2. The number of methoxy groups -OCH3 is 1. The van der Waals surface area contributed by atoms with Gasteiger partial charge in [-0.3, -0.25) is 14.2 Å². The molecule has 3 rings (SSSR count). The molecular weight excluding hydrogens is 350 g/mol. The second-order valence-electron chi connectivity index (χ2n) is 5.91. The zero-order valence-corrected chi connectivity index (χ0v) is 14.9. The lowest BCUT2D eigenvalue weighted by Gasteiger charge is -2.12. The van der Waals surface area contributed by atoms with E-state index in [1.807, 2.05) is 0 Å². The molecule has 1 heterocycles. The third-order valence-corrected chi connectivity index (χ3v) is 3.95. The highest BCUT2D eigenvalue weighted by molar-refractivity contribution is 5.89. The van der Waals surface area contributed by atoms with E-state index >= 15 is 0 Å². The summed E-state index contributed by atoms with van der Waals surface area (Å²) in [4.78, 5) is 35.5. The number of para-hydroxylation sites is 2. The molecule has 0 fully saturated rings. The van der Waals surface area contributed by atoms with Crippen LogP contribution in [0.2, 0.25) is 0 Å². The van der Waals surface area contributed by atoms with Gasteiger partial charge in [0.05, 0.1) is 12.6 Å².